The number of hydrogen-bond donors (Lipinski definition) is 0. The Morgan fingerprint density at radius 1 is 0.600 bits per heavy atom. The number of benzene rings is 2. The summed E-state index contributed by atoms with van der Waals surface area (Å²) < 4.78 is 59.1. The summed E-state index contributed by atoms with van der Waals surface area (Å²) in [6.45, 7) is 0. The Labute approximate surface area is 149 Å². The third kappa shape index (κ3) is 4.01. The maximum Gasteiger partial charge on any atom is 0.339 e. The van der Waals surface area contributed by atoms with Crippen molar-refractivity contribution in [2.75, 3.05) is 0 Å². The van der Waals surface area contributed by atoms with Gasteiger partial charge in [-0.15, -0.1) is 11.3 Å². The standard InChI is InChI=1S/C16H12O6S3/c17-24(18,13-7-3-1-4-8-13)21-15-11-23-12-16(15)22-25(19,20)14-9-5-2-6-10-14/h1-12H. The van der Waals surface area contributed by atoms with Gasteiger partial charge in [0.05, 0.1) is 0 Å². The van der Waals surface area contributed by atoms with E-state index in [2.05, 4.69) is 0 Å². The van der Waals surface area contributed by atoms with Crippen LogP contribution in [0, 0.1) is 0 Å². The van der Waals surface area contributed by atoms with Crippen LogP contribution in [0.25, 0.3) is 0 Å². The van der Waals surface area contributed by atoms with Crippen molar-refractivity contribution in [1.82, 2.24) is 0 Å². The molecule has 6 nitrogen and oxygen atoms in total. The highest BCUT2D eigenvalue weighted by Gasteiger charge is 2.23. The first kappa shape index (κ1) is 17.5. The molecule has 0 bridgehead atoms. The molecular formula is C16H12O6S3. The highest BCUT2D eigenvalue weighted by atomic mass is 32.2. The van der Waals surface area contributed by atoms with Gasteiger partial charge in [-0.2, -0.15) is 16.8 Å². The van der Waals surface area contributed by atoms with Gasteiger partial charge in [0.15, 0.2) is 11.5 Å². The van der Waals surface area contributed by atoms with E-state index in [-0.39, 0.29) is 21.3 Å². The van der Waals surface area contributed by atoms with E-state index in [0.717, 1.165) is 11.3 Å². The summed E-state index contributed by atoms with van der Waals surface area (Å²) in [6.07, 6.45) is 0. The van der Waals surface area contributed by atoms with E-state index in [1.807, 2.05) is 0 Å². The van der Waals surface area contributed by atoms with Gasteiger partial charge in [0.25, 0.3) is 0 Å². The summed E-state index contributed by atoms with van der Waals surface area (Å²) in [6, 6.07) is 15.1. The molecule has 0 aliphatic heterocycles. The number of rotatable bonds is 6. The topological polar surface area (TPSA) is 86.7 Å². The van der Waals surface area contributed by atoms with Crippen LogP contribution in [0.1, 0.15) is 0 Å². The lowest BCUT2D eigenvalue weighted by Crippen LogP contribution is -2.12. The SMILES string of the molecule is O=S(=O)(Oc1cscc1OS(=O)(=O)c1ccccc1)c1ccccc1. The van der Waals surface area contributed by atoms with E-state index in [1.165, 1.54) is 35.0 Å². The van der Waals surface area contributed by atoms with Gasteiger partial charge in [-0.05, 0) is 24.3 Å². The summed E-state index contributed by atoms with van der Waals surface area (Å²) >= 11 is 1.06. The molecule has 0 unspecified atom stereocenters. The molecule has 0 aliphatic carbocycles. The Kier molecular flexibility index (Phi) is 4.80. The van der Waals surface area contributed by atoms with Crippen molar-refractivity contribution in [2.45, 2.75) is 9.79 Å². The predicted molar refractivity (Wildman–Crippen MR) is 92.8 cm³/mol. The molecule has 1 aromatic heterocycles. The second-order valence-electron chi connectivity index (χ2n) is 4.80. The smallest absolute Gasteiger partial charge is 0.339 e. The molecule has 0 amide bonds. The normalized spacial score (nSPS) is 11.8. The molecule has 0 fully saturated rings. The second kappa shape index (κ2) is 6.87. The van der Waals surface area contributed by atoms with Crippen LogP contribution in [-0.4, -0.2) is 16.8 Å². The maximum absolute atomic E-state index is 12.3. The van der Waals surface area contributed by atoms with Gasteiger partial charge in [0, 0.05) is 10.8 Å². The number of thiophene rings is 1. The molecule has 1 heterocycles. The van der Waals surface area contributed by atoms with E-state index in [4.69, 9.17) is 8.37 Å². The first-order chi connectivity index (χ1) is 11.9. The summed E-state index contributed by atoms with van der Waals surface area (Å²) in [5.74, 6) is -0.373. The highest BCUT2D eigenvalue weighted by molar-refractivity contribution is 7.87. The van der Waals surface area contributed by atoms with E-state index in [0.29, 0.717) is 0 Å². The zero-order chi connectivity index (χ0) is 17.9. The second-order valence-corrected chi connectivity index (χ2v) is 8.64. The van der Waals surface area contributed by atoms with E-state index in [9.17, 15) is 16.8 Å². The van der Waals surface area contributed by atoms with Crippen molar-refractivity contribution in [2.24, 2.45) is 0 Å². The van der Waals surface area contributed by atoms with E-state index >= 15 is 0 Å². The predicted octanol–water partition coefficient (Wildman–Crippen LogP) is 3.28. The van der Waals surface area contributed by atoms with Crippen LogP contribution in [0.3, 0.4) is 0 Å². The minimum Gasteiger partial charge on any atom is -0.374 e. The monoisotopic (exact) mass is 396 g/mol. The summed E-state index contributed by atoms with van der Waals surface area (Å²) in [4.78, 5) is -0.0869. The summed E-state index contributed by atoms with van der Waals surface area (Å²) in [5.41, 5.74) is 0. The van der Waals surface area contributed by atoms with Gasteiger partial charge in [0.1, 0.15) is 9.79 Å². The van der Waals surface area contributed by atoms with Crippen LogP contribution in [0.4, 0.5) is 0 Å². The Morgan fingerprint density at radius 2 is 0.960 bits per heavy atom. The van der Waals surface area contributed by atoms with Gasteiger partial charge in [0.2, 0.25) is 0 Å². The Balaban J connectivity index is 1.87. The lowest BCUT2D eigenvalue weighted by atomic mass is 10.4. The highest BCUT2D eigenvalue weighted by Crippen LogP contribution is 2.35. The molecule has 9 heteroatoms. The average molecular weight is 396 g/mol. The largest absolute Gasteiger partial charge is 0.374 e. The van der Waals surface area contributed by atoms with Crippen LogP contribution < -0.4 is 8.37 Å². The molecule has 0 radical (unpaired) electrons. The zero-order valence-corrected chi connectivity index (χ0v) is 15.1. The van der Waals surface area contributed by atoms with Crippen LogP contribution in [0.15, 0.2) is 81.2 Å². The fourth-order valence-electron chi connectivity index (χ4n) is 1.90. The fourth-order valence-corrected chi connectivity index (χ4v) is 4.57. The van der Waals surface area contributed by atoms with Crippen LogP contribution in [-0.2, 0) is 20.2 Å². The Hall–Kier alpha value is -2.36. The molecule has 0 aliphatic rings. The molecule has 0 N–H and O–H groups in total. The van der Waals surface area contributed by atoms with Crippen molar-refractivity contribution < 1.29 is 25.2 Å². The summed E-state index contributed by atoms with van der Waals surface area (Å²) in [5, 5.41) is 2.71. The minimum atomic E-state index is -4.09. The zero-order valence-electron chi connectivity index (χ0n) is 12.6. The fraction of sp³-hybridized carbons (Fsp3) is 0. The molecule has 130 valence electrons. The molecular weight excluding hydrogens is 384 g/mol. The molecule has 0 spiro atoms. The van der Waals surface area contributed by atoms with Gasteiger partial charge in [-0.3, -0.25) is 0 Å². The molecule has 25 heavy (non-hydrogen) atoms. The van der Waals surface area contributed by atoms with E-state index in [1.54, 1.807) is 36.4 Å². The lowest BCUT2D eigenvalue weighted by molar-refractivity contribution is 0.451. The van der Waals surface area contributed by atoms with Crippen molar-refractivity contribution in [3.05, 3.63) is 71.4 Å². The average Bonchev–Trinajstić information content (AvgIpc) is 3.02. The Morgan fingerprint density at radius 3 is 1.32 bits per heavy atom. The molecule has 3 aromatic rings. The third-order valence-electron chi connectivity index (χ3n) is 3.06. The summed E-state index contributed by atoms with van der Waals surface area (Å²) in [7, 11) is -8.19. The molecule has 2 aromatic carbocycles. The van der Waals surface area contributed by atoms with Crippen LogP contribution in [0.5, 0.6) is 11.5 Å². The molecule has 0 saturated carbocycles. The number of hydrogen-bond acceptors (Lipinski definition) is 7. The first-order valence-corrected chi connectivity index (χ1v) is 10.7. The van der Waals surface area contributed by atoms with Crippen LogP contribution >= 0.6 is 11.3 Å². The lowest BCUT2D eigenvalue weighted by Gasteiger charge is -2.09. The van der Waals surface area contributed by atoms with Gasteiger partial charge >= 0.3 is 20.2 Å². The third-order valence-corrected chi connectivity index (χ3v) is 6.25. The van der Waals surface area contributed by atoms with Crippen molar-refractivity contribution in [1.29, 1.82) is 0 Å². The molecule has 0 atom stereocenters. The van der Waals surface area contributed by atoms with Crippen LogP contribution in [0.2, 0.25) is 0 Å². The van der Waals surface area contributed by atoms with Gasteiger partial charge in [-0.1, -0.05) is 36.4 Å². The van der Waals surface area contributed by atoms with Crippen molar-refractivity contribution in [3.63, 3.8) is 0 Å². The molecule has 0 saturated heterocycles. The van der Waals surface area contributed by atoms with Crippen molar-refractivity contribution in [3.8, 4) is 11.5 Å². The van der Waals surface area contributed by atoms with Crippen molar-refractivity contribution >= 4 is 31.6 Å². The first-order valence-electron chi connectivity index (χ1n) is 6.94. The minimum absolute atomic E-state index is 0.0435. The quantitative estimate of drug-likeness (QED) is 0.594. The van der Waals surface area contributed by atoms with E-state index < -0.39 is 20.2 Å². The van der Waals surface area contributed by atoms with Gasteiger partial charge < -0.3 is 8.37 Å². The maximum atomic E-state index is 12.3. The molecule has 3 rings (SSSR count). The Bertz CT molecular complexity index is 969. The van der Waals surface area contributed by atoms with Gasteiger partial charge in [-0.25, -0.2) is 0 Å².